The summed E-state index contributed by atoms with van der Waals surface area (Å²) >= 11 is 1.28. The van der Waals surface area contributed by atoms with Crippen LogP contribution in [0.4, 0.5) is 5.13 Å². The number of aromatic nitrogens is 1. The third-order valence-corrected chi connectivity index (χ3v) is 4.53. The quantitative estimate of drug-likeness (QED) is 0.807. The number of carboxylic acid groups (broad SMARTS) is 1. The maximum atomic E-state index is 11.2. The highest BCUT2D eigenvalue weighted by Gasteiger charge is 2.51. The molecule has 2 saturated carbocycles. The largest absolute Gasteiger partial charge is 0.478 e. The minimum atomic E-state index is -0.903. The van der Waals surface area contributed by atoms with E-state index in [0.29, 0.717) is 22.3 Å². The highest BCUT2D eigenvalue weighted by molar-refractivity contribution is 7.13. The summed E-state index contributed by atoms with van der Waals surface area (Å²) in [5, 5.41) is 11.4. The van der Waals surface area contributed by atoms with Crippen molar-refractivity contribution in [1.29, 1.82) is 0 Å². The average Bonchev–Trinajstić information content (AvgIpc) is 2.73. The molecule has 1 aromatic heterocycles. The Hall–Kier alpha value is -1.36. The second kappa shape index (κ2) is 3.84. The number of aliphatic carboxylic acids is 1. The number of allylic oxidation sites excluding steroid dienone is 1. The van der Waals surface area contributed by atoms with E-state index in [1.165, 1.54) is 30.6 Å². The van der Waals surface area contributed by atoms with Crippen LogP contribution in [0.5, 0.6) is 0 Å². The Bertz CT molecular complexity index is 484. The first-order valence-electron chi connectivity index (χ1n) is 5.83. The lowest BCUT2D eigenvalue weighted by molar-refractivity contribution is -0.130. The summed E-state index contributed by atoms with van der Waals surface area (Å²) in [4.78, 5) is 15.3. The molecule has 2 aliphatic carbocycles. The molecule has 2 aliphatic rings. The summed E-state index contributed by atoms with van der Waals surface area (Å²) in [7, 11) is 0. The highest BCUT2D eigenvalue weighted by atomic mass is 32.1. The van der Waals surface area contributed by atoms with Gasteiger partial charge in [0, 0.05) is 5.38 Å². The van der Waals surface area contributed by atoms with Crippen molar-refractivity contribution in [2.24, 2.45) is 17.8 Å². The molecule has 0 saturated heterocycles. The Morgan fingerprint density at radius 3 is 2.76 bits per heavy atom. The maximum Gasteiger partial charge on any atom is 0.337 e. The van der Waals surface area contributed by atoms with Crippen LogP contribution in [0.1, 0.15) is 25.0 Å². The summed E-state index contributed by atoms with van der Waals surface area (Å²) in [6.07, 6.45) is 5.69. The van der Waals surface area contributed by atoms with Gasteiger partial charge >= 0.3 is 5.97 Å². The van der Waals surface area contributed by atoms with Crippen LogP contribution in [0.15, 0.2) is 11.5 Å². The first kappa shape index (κ1) is 10.8. The number of anilines is 1. The monoisotopic (exact) mass is 250 g/mol. The molecule has 4 nitrogen and oxygen atoms in total. The molecular weight excluding hydrogens is 236 g/mol. The molecule has 5 heteroatoms. The Balaban J connectivity index is 1.86. The van der Waals surface area contributed by atoms with E-state index in [1.807, 2.05) is 6.08 Å². The number of nitrogens with zero attached hydrogens (tertiary/aromatic N) is 1. The van der Waals surface area contributed by atoms with Crippen LogP contribution >= 0.6 is 11.3 Å². The molecule has 90 valence electrons. The molecule has 17 heavy (non-hydrogen) atoms. The molecule has 3 rings (SSSR count). The van der Waals surface area contributed by atoms with Crippen molar-refractivity contribution in [2.45, 2.75) is 19.3 Å². The Morgan fingerprint density at radius 1 is 1.53 bits per heavy atom. The van der Waals surface area contributed by atoms with Gasteiger partial charge < -0.3 is 10.8 Å². The minimum absolute atomic E-state index is 0.317. The van der Waals surface area contributed by atoms with Crippen LogP contribution in [0, 0.1) is 17.8 Å². The zero-order chi connectivity index (χ0) is 12.0. The number of hydrogen-bond donors (Lipinski definition) is 2. The zero-order valence-electron chi connectivity index (χ0n) is 9.30. The lowest BCUT2D eigenvalue weighted by atomic mass is 10.1. The second-order valence-electron chi connectivity index (χ2n) is 4.79. The molecule has 3 N–H and O–H groups in total. The number of nitrogens with two attached hydrogens (primary N) is 1. The lowest BCUT2D eigenvalue weighted by Crippen LogP contribution is -2.02. The van der Waals surface area contributed by atoms with Gasteiger partial charge in [0.05, 0.1) is 11.3 Å². The molecular formula is C12H14N2O2S. The van der Waals surface area contributed by atoms with Gasteiger partial charge in [-0.25, -0.2) is 9.78 Å². The van der Waals surface area contributed by atoms with Crippen molar-refractivity contribution in [2.75, 3.05) is 5.73 Å². The van der Waals surface area contributed by atoms with E-state index in [-0.39, 0.29) is 0 Å². The van der Waals surface area contributed by atoms with Gasteiger partial charge in [0.15, 0.2) is 5.13 Å². The predicted octanol–water partition coefficient (Wildman–Crippen LogP) is 2.24. The van der Waals surface area contributed by atoms with Gasteiger partial charge in [-0.2, -0.15) is 0 Å². The molecule has 3 atom stereocenters. The van der Waals surface area contributed by atoms with Gasteiger partial charge in [-0.1, -0.05) is 12.5 Å². The van der Waals surface area contributed by atoms with Crippen molar-refractivity contribution in [3.05, 3.63) is 17.2 Å². The smallest absolute Gasteiger partial charge is 0.337 e. The third-order valence-electron chi connectivity index (χ3n) is 3.86. The van der Waals surface area contributed by atoms with E-state index in [0.717, 1.165) is 11.8 Å². The Labute approximate surface area is 103 Å². The normalized spacial score (nSPS) is 31.3. The van der Waals surface area contributed by atoms with E-state index in [1.54, 1.807) is 5.38 Å². The summed E-state index contributed by atoms with van der Waals surface area (Å²) in [5.41, 5.74) is 6.36. The van der Waals surface area contributed by atoms with Gasteiger partial charge in [0.2, 0.25) is 0 Å². The number of fused-ring (bicyclic) bond motifs is 1. The number of carbonyl (C=O) groups is 1. The van der Waals surface area contributed by atoms with E-state index >= 15 is 0 Å². The molecule has 0 aromatic carbocycles. The van der Waals surface area contributed by atoms with E-state index in [2.05, 4.69) is 4.98 Å². The highest BCUT2D eigenvalue weighted by Crippen LogP contribution is 2.58. The van der Waals surface area contributed by atoms with Crippen LogP contribution in [-0.2, 0) is 4.79 Å². The van der Waals surface area contributed by atoms with Crippen LogP contribution in [0.3, 0.4) is 0 Å². The van der Waals surface area contributed by atoms with Crippen molar-refractivity contribution in [1.82, 2.24) is 4.98 Å². The Kier molecular flexibility index (Phi) is 2.43. The van der Waals surface area contributed by atoms with Crippen molar-refractivity contribution in [3.63, 3.8) is 0 Å². The molecule has 0 amide bonds. The number of nitrogen functional groups attached to an aromatic ring is 1. The Morgan fingerprint density at radius 2 is 2.24 bits per heavy atom. The fourth-order valence-corrected chi connectivity index (χ4v) is 3.56. The topological polar surface area (TPSA) is 76.2 Å². The zero-order valence-corrected chi connectivity index (χ0v) is 10.1. The third kappa shape index (κ3) is 1.84. The standard InChI is InChI=1S/C12H14N2O2S/c13-12-14-10(5-17-12)9(11(15)16)4-8-6-2-1-3-7(6)8/h4-8H,1-3H2,(H2,13,14)(H,15,16)/b9-4-/t6-,7+,8?. The number of carboxylic acids is 1. The molecule has 1 unspecified atom stereocenters. The molecule has 0 radical (unpaired) electrons. The molecule has 2 fully saturated rings. The number of thiazole rings is 1. The first-order chi connectivity index (χ1) is 8.16. The summed E-state index contributed by atoms with van der Waals surface area (Å²) in [6, 6.07) is 0. The fourth-order valence-electron chi connectivity index (χ4n) is 2.99. The molecule has 0 spiro atoms. The number of rotatable bonds is 3. The average molecular weight is 250 g/mol. The predicted molar refractivity (Wildman–Crippen MR) is 66.5 cm³/mol. The van der Waals surface area contributed by atoms with Gasteiger partial charge in [-0.3, -0.25) is 0 Å². The van der Waals surface area contributed by atoms with E-state index in [4.69, 9.17) is 5.73 Å². The lowest BCUT2D eigenvalue weighted by Gasteiger charge is -2.00. The molecule has 0 bridgehead atoms. The van der Waals surface area contributed by atoms with Gasteiger partial charge in [0.1, 0.15) is 0 Å². The van der Waals surface area contributed by atoms with Crippen LogP contribution in [0.2, 0.25) is 0 Å². The van der Waals surface area contributed by atoms with Crippen LogP contribution in [0.25, 0.3) is 5.57 Å². The summed E-state index contributed by atoms with van der Waals surface area (Å²) < 4.78 is 0. The SMILES string of the molecule is Nc1nc(/C(=C/C2[C@H]3CCC[C@@H]23)C(=O)O)cs1. The van der Waals surface area contributed by atoms with Gasteiger partial charge in [0.25, 0.3) is 0 Å². The fraction of sp³-hybridized carbons (Fsp3) is 0.500. The summed E-state index contributed by atoms with van der Waals surface area (Å²) in [6.45, 7) is 0. The van der Waals surface area contributed by atoms with Gasteiger partial charge in [-0.05, 0) is 30.6 Å². The molecule has 1 heterocycles. The van der Waals surface area contributed by atoms with E-state index in [9.17, 15) is 9.90 Å². The molecule has 0 aliphatic heterocycles. The maximum absolute atomic E-state index is 11.2. The first-order valence-corrected chi connectivity index (χ1v) is 6.71. The second-order valence-corrected chi connectivity index (χ2v) is 5.68. The minimum Gasteiger partial charge on any atom is -0.478 e. The molecule has 1 aromatic rings. The summed E-state index contributed by atoms with van der Waals surface area (Å²) in [5.74, 6) is 0.999. The number of hydrogen-bond acceptors (Lipinski definition) is 4. The van der Waals surface area contributed by atoms with Crippen molar-refractivity contribution in [3.8, 4) is 0 Å². The van der Waals surface area contributed by atoms with Crippen molar-refractivity contribution >= 4 is 28.0 Å². The van der Waals surface area contributed by atoms with Crippen molar-refractivity contribution < 1.29 is 9.90 Å². The van der Waals surface area contributed by atoms with Gasteiger partial charge in [-0.15, -0.1) is 11.3 Å². The van der Waals surface area contributed by atoms with Crippen LogP contribution in [-0.4, -0.2) is 16.1 Å². The van der Waals surface area contributed by atoms with E-state index < -0.39 is 5.97 Å². The van der Waals surface area contributed by atoms with Crippen LogP contribution < -0.4 is 5.73 Å².